The topological polar surface area (TPSA) is 55.5 Å². The minimum absolute atomic E-state index is 0.207. The van der Waals surface area contributed by atoms with E-state index in [1.807, 2.05) is 23.9 Å². The van der Waals surface area contributed by atoms with Gasteiger partial charge in [0.15, 0.2) is 0 Å². The molecule has 0 bridgehead atoms. The van der Waals surface area contributed by atoms with Crippen molar-refractivity contribution in [2.24, 2.45) is 5.16 Å². The molecule has 0 N–H and O–H groups in total. The SMILES string of the molecule is Fc1cc(C2=NOC(n3ccnn3)C2)ccc1N1CCSCC1. The Hall–Kier alpha value is -2.09. The van der Waals surface area contributed by atoms with E-state index >= 15 is 0 Å². The first-order valence-corrected chi connectivity index (χ1v) is 8.68. The van der Waals surface area contributed by atoms with Gasteiger partial charge in [-0.2, -0.15) is 11.8 Å². The Morgan fingerprint density at radius 2 is 2.13 bits per heavy atom. The number of aromatic nitrogens is 3. The Labute approximate surface area is 137 Å². The highest BCUT2D eigenvalue weighted by Gasteiger charge is 2.25. The van der Waals surface area contributed by atoms with Crippen LogP contribution in [-0.2, 0) is 4.84 Å². The van der Waals surface area contributed by atoms with E-state index in [2.05, 4.69) is 20.4 Å². The number of anilines is 1. The Balaban J connectivity index is 1.51. The minimum Gasteiger partial charge on any atom is -0.368 e. The second-order valence-electron chi connectivity index (χ2n) is 5.45. The molecule has 120 valence electrons. The van der Waals surface area contributed by atoms with Gasteiger partial charge in [0.2, 0.25) is 6.23 Å². The summed E-state index contributed by atoms with van der Waals surface area (Å²) in [5.74, 6) is 1.88. The Morgan fingerprint density at radius 3 is 2.87 bits per heavy atom. The van der Waals surface area contributed by atoms with Gasteiger partial charge in [0, 0.05) is 36.4 Å². The predicted molar refractivity (Wildman–Crippen MR) is 87.2 cm³/mol. The number of oxime groups is 1. The van der Waals surface area contributed by atoms with Gasteiger partial charge in [-0.1, -0.05) is 16.4 Å². The van der Waals surface area contributed by atoms with Crippen LogP contribution in [0.3, 0.4) is 0 Å². The van der Waals surface area contributed by atoms with Gasteiger partial charge in [0.25, 0.3) is 0 Å². The highest BCUT2D eigenvalue weighted by Crippen LogP contribution is 2.28. The van der Waals surface area contributed by atoms with Gasteiger partial charge in [-0.15, -0.1) is 5.10 Å². The lowest BCUT2D eigenvalue weighted by atomic mass is 10.1. The number of halogens is 1. The number of hydrogen-bond acceptors (Lipinski definition) is 6. The molecule has 0 radical (unpaired) electrons. The number of thioether (sulfide) groups is 1. The molecule has 1 aromatic heterocycles. The third-order valence-electron chi connectivity index (χ3n) is 4.02. The summed E-state index contributed by atoms with van der Waals surface area (Å²) < 4.78 is 16.1. The van der Waals surface area contributed by atoms with E-state index in [0.717, 1.165) is 35.9 Å². The molecular formula is C15H16FN5OS. The van der Waals surface area contributed by atoms with E-state index in [9.17, 15) is 4.39 Å². The van der Waals surface area contributed by atoms with E-state index in [1.54, 1.807) is 23.1 Å². The summed E-state index contributed by atoms with van der Waals surface area (Å²) in [7, 11) is 0. The van der Waals surface area contributed by atoms with Gasteiger partial charge in [-0.25, -0.2) is 9.07 Å². The highest BCUT2D eigenvalue weighted by molar-refractivity contribution is 7.99. The molecule has 1 atom stereocenters. The zero-order valence-corrected chi connectivity index (χ0v) is 13.2. The van der Waals surface area contributed by atoms with Crippen LogP contribution in [0, 0.1) is 5.82 Å². The lowest BCUT2D eigenvalue weighted by Gasteiger charge is -2.28. The monoisotopic (exact) mass is 333 g/mol. The molecule has 1 aromatic carbocycles. The lowest BCUT2D eigenvalue weighted by Crippen LogP contribution is -2.33. The summed E-state index contributed by atoms with van der Waals surface area (Å²) in [5, 5.41) is 11.7. The minimum atomic E-state index is -0.311. The number of hydrogen-bond donors (Lipinski definition) is 0. The molecule has 2 aromatic rings. The maximum Gasteiger partial charge on any atom is 0.225 e. The van der Waals surface area contributed by atoms with Crippen molar-refractivity contribution in [1.29, 1.82) is 0 Å². The quantitative estimate of drug-likeness (QED) is 0.863. The van der Waals surface area contributed by atoms with E-state index < -0.39 is 0 Å². The summed E-state index contributed by atoms with van der Waals surface area (Å²) in [5.41, 5.74) is 2.15. The summed E-state index contributed by atoms with van der Waals surface area (Å²) in [6.07, 6.45) is 3.55. The summed E-state index contributed by atoms with van der Waals surface area (Å²) in [4.78, 5) is 7.46. The average Bonchev–Trinajstić information content (AvgIpc) is 3.27. The van der Waals surface area contributed by atoms with Crippen LogP contribution in [0.4, 0.5) is 10.1 Å². The molecular weight excluding hydrogens is 317 g/mol. The summed E-state index contributed by atoms with van der Waals surface area (Å²) >= 11 is 1.91. The first kappa shape index (κ1) is 14.5. The molecule has 1 unspecified atom stereocenters. The third kappa shape index (κ3) is 2.90. The first-order valence-electron chi connectivity index (χ1n) is 7.52. The molecule has 1 saturated heterocycles. The Kier molecular flexibility index (Phi) is 3.90. The van der Waals surface area contributed by atoms with Gasteiger partial charge >= 0.3 is 0 Å². The molecule has 0 spiro atoms. The predicted octanol–water partition coefficient (Wildman–Crippen LogP) is 2.29. The van der Waals surface area contributed by atoms with E-state index in [-0.39, 0.29) is 12.0 Å². The molecule has 2 aliphatic heterocycles. The molecule has 0 saturated carbocycles. The van der Waals surface area contributed by atoms with Gasteiger partial charge in [-0.3, -0.25) is 0 Å². The molecule has 1 fully saturated rings. The second-order valence-corrected chi connectivity index (χ2v) is 6.68. The molecule has 8 heteroatoms. The maximum absolute atomic E-state index is 14.5. The van der Waals surface area contributed by atoms with Gasteiger partial charge in [-0.05, 0) is 12.1 Å². The van der Waals surface area contributed by atoms with Crippen molar-refractivity contribution in [2.75, 3.05) is 29.5 Å². The van der Waals surface area contributed by atoms with Crippen LogP contribution in [-0.4, -0.2) is 45.3 Å². The van der Waals surface area contributed by atoms with Crippen LogP contribution < -0.4 is 4.90 Å². The van der Waals surface area contributed by atoms with Gasteiger partial charge < -0.3 is 9.74 Å². The molecule has 6 nitrogen and oxygen atoms in total. The number of benzene rings is 1. The maximum atomic E-state index is 14.5. The fourth-order valence-electron chi connectivity index (χ4n) is 2.79. The van der Waals surface area contributed by atoms with Crippen molar-refractivity contribution in [3.05, 3.63) is 42.0 Å². The number of nitrogens with zero attached hydrogens (tertiary/aromatic N) is 5. The Bertz CT molecular complexity index is 715. The van der Waals surface area contributed by atoms with Crippen molar-refractivity contribution in [3.8, 4) is 0 Å². The average molecular weight is 333 g/mol. The van der Waals surface area contributed by atoms with Crippen LogP contribution in [0.25, 0.3) is 0 Å². The molecule has 0 amide bonds. The van der Waals surface area contributed by atoms with E-state index in [4.69, 9.17) is 4.84 Å². The van der Waals surface area contributed by atoms with Gasteiger partial charge in [0.1, 0.15) is 5.82 Å². The van der Waals surface area contributed by atoms with Crippen molar-refractivity contribution < 1.29 is 9.23 Å². The molecule has 23 heavy (non-hydrogen) atoms. The third-order valence-corrected chi connectivity index (χ3v) is 4.96. The van der Waals surface area contributed by atoms with Crippen molar-refractivity contribution in [2.45, 2.75) is 12.6 Å². The smallest absolute Gasteiger partial charge is 0.225 e. The van der Waals surface area contributed by atoms with E-state index in [1.165, 1.54) is 0 Å². The van der Waals surface area contributed by atoms with Crippen LogP contribution in [0.2, 0.25) is 0 Å². The highest BCUT2D eigenvalue weighted by atomic mass is 32.2. The zero-order chi connectivity index (χ0) is 15.6. The van der Waals surface area contributed by atoms with Crippen LogP contribution in [0.1, 0.15) is 18.2 Å². The fraction of sp³-hybridized carbons (Fsp3) is 0.400. The summed E-state index contributed by atoms with van der Waals surface area (Å²) in [6.45, 7) is 1.78. The molecule has 2 aliphatic rings. The van der Waals surface area contributed by atoms with Crippen LogP contribution in [0.5, 0.6) is 0 Å². The van der Waals surface area contributed by atoms with Crippen molar-refractivity contribution in [3.63, 3.8) is 0 Å². The van der Waals surface area contributed by atoms with Crippen LogP contribution >= 0.6 is 11.8 Å². The second kappa shape index (κ2) is 6.19. The molecule has 0 aliphatic carbocycles. The summed E-state index contributed by atoms with van der Waals surface area (Å²) in [6, 6.07) is 5.29. The lowest BCUT2D eigenvalue weighted by molar-refractivity contribution is 0.0217. The van der Waals surface area contributed by atoms with Crippen molar-refractivity contribution >= 4 is 23.2 Å². The first-order chi connectivity index (χ1) is 11.3. The van der Waals surface area contributed by atoms with E-state index in [0.29, 0.717) is 12.1 Å². The normalized spacial score (nSPS) is 21.2. The van der Waals surface area contributed by atoms with Gasteiger partial charge in [0.05, 0.1) is 24.0 Å². The number of rotatable bonds is 3. The standard InChI is InChI=1S/C15H16FN5OS/c16-12-9-11(1-2-14(12)20-5-7-23-8-6-20)13-10-15(22-18-13)21-4-3-17-19-21/h1-4,9,15H,5-8,10H2. The Morgan fingerprint density at radius 1 is 1.26 bits per heavy atom. The largest absolute Gasteiger partial charge is 0.368 e. The van der Waals surface area contributed by atoms with Crippen molar-refractivity contribution in [1.82, 2.24) is 15.0 Å². The molecule has 3 heterocycles. The molecule has 4 rings (SSSR count). The fourth-order valence-corrected chi connectivity index (χ4v) is 3.70. The van der Waals surface area contributed by atoms with Crippen LogP contribution in [0.15, 0.2) is 35.7 Å². The zero-order valence-electron chi connectivity index (χ0n) is 12.4.